The van der Waals surface area contributed by atoms with E-state index in [0.717, 1.165) is 15.8 Å². The number of halogens is 1. The van der Waals surface area contributed by atoms with Crippen LogP contribution in [0, 0.1) is 0 Å². The molecule has 0 amide bonds. The molecule has 0 saturated carbocycles. The minimum absolute atomic E-state index is 0.0647. The fourth-order valence-corrected chi connectivity index (χ4v) is 1.42. The summed E-state index contributed by atoms with van der Waals surface area (Å²) in [6, 6.07) is 5.17. The maximum absolute atomic E-state index is 8.84. The topological polar surface area (TPSA) is 55.5 Å². The van der Waals surface area contributed by atoms with Crippen molar-refractivity contribution in [2.24, 2.45) is 5.73 Å². The lowest BCUT2D eigenvalue weighted by Gasteiger charge is -2.10. The van der Waals surface area contributed by atoms with Gasteiger partial charge in [0.15, 0.2) is 0 Å². The van der Waals surface area contributed by atoms with Gasteiger partial charge in [-0.15, -0.1) is 0 Å². The van der Waals surface area contributed by atoms with E-state index in [2.05, 4.69) is 15.9 Å². The molecule has 3 N–H and O–H groups in total. The van der Waals surface area contributed by atoms with E-state index in [9.17, 15) is 0 Å². The Kier molecular flexibility index (Phi) is 3.71. The van der Waals surface area contributed by atoms with Crippen LogP contribution >= 0.6 is 15.9 Å². The second kappa shape index (κ2) is 4.60. The van der Waals surface area contributed by atoms with E-state index >= 15 is 0 Å². The van der Waals surface area contributed by atoms with Gasteiger partial charge in [-0.1, -0.05) is 6.07 Å². The molecule has 0 aliphatic carbocycles. The summed E-state index contributed by atoms with van der Waals surface area (Å²) in [6.07, 6.45) is 0. The molecule has 1 unspecified atom stereocenters. The molecule has 72 valence electrons. The molecule has 0 aromatic heterocycles. The molecule has 3 nitrogen and oxygen atoms in total. The number of aliphatic hydroxyl groups excluding tert-OH is 1. The molecule has 0 fully saturated rings. The van der Waals surface area contributed by atoms with Crippen molar-refractivity contribution in [3.8, 4) is 5.75 Å². The first-order valence-corrected chi connectivity index (χ1v) is 4.68. The molecule has 0 saturated heterocycles. The number of ether oxygens (including phenoxy) is 1. The Hall–Kier alpha value is -0.580. The summed E-state index contributed by atoms with van der Waals surface area (Å²) in [4.78, 5) is 0. The Bertz CT molecular complexity index is 291. The second-order valence-corrected chi connectivity index (χ2v) is 3.54. The number of nitrogens with two attached hydrogens (primary N) is 1. The van der Waals surface area contributed by atoms with Gasteiger partial charge in [0.2, 0.25) is 0 Å². The lowest BCUT2D eigenvalue weighted by molar-refractivity contribution is 0.267. The Labute approximate surface area is 85.6 Å². The van der Waals surface area contributed by atoms with Gasteiger partial charge in [-0.3, -0.25) is 0 Å². The van der Waals surface area contributed by atoms with Crippen molar-refractivity contribution in [1.82, 2.24) is 0 Å². The first-order valence-electron chi connectivity index (χ1n) is 3.89. The Morgan fingerprint density at radius 1 is 1.62 bits per heavy atom. The lowest BCUT2D eigenvalue weighted by atomic mass is 10.1. The third kappa shape index (κ3) is 2.43. The monoisotopic (exact) mass is 245 g/mol. The molecule has 1 atom stereocenters. The summed E-state index contributed by atoms with van der Waals surface area (Å²) < 4.78 is 5.97. The summed E-state index contributed by atoms with van der Waals surface area (Å²) >= 11 is 3.33. The van der Waals surface area contributed by atoms with Crippen molar-refractivity contribution in [1.29, 1.82) is 0 Å². The quantitative estimate of drug-likeness (QED) is 0.848. The summed E-state index contributed by atoms with van der Waals surface area (Å²) in [7, 11) is 1.59. The number of hydrogen-bond acceptors (Lipinski definition) is 3. The first kappa shape index (κ1) is 10.5. The van der Waals surface area contributed by atoms with Gasteiger partial charge in [0.25, 0.3) is 0 Å². The van der Waals surface area contributed by atoms with Gasteiger partial charge in [-0.25, -0.2) is 0 Å². The normalized spacial score (nSPS) is 12.6. The predicted octanol–water partition coefficient (Wildman–Crippen LogP) is 1.45. The van der Waals surface area contributed by atoms with Crippen LogP contribution in [-0.2, 0) is 0 Å². The van der Waals surface area contributed by atoms with Crippen molar-refractivity contribution in [3.63, 3.8) is 0 Å². The first-order chi connectivity index (χ1) is 6.19. The van der Waals surface area contributed by atoms with Gasteiger partial charge in [0.1, 0.15) is 5.75 Å². The molecule has 0 aliphatic heterocycles. The van der Waals surface area contributed by atoms with Crippen molar-refractivity contribution < 1.29 is 9.84 Å². The SMILES string of the molecule is COc1cc(C(N)CO)ccc1Br. The zero-order valence-electron chi connectivity index (χ0n) is 7.33. The Morgan fingerprint density at radius 2 is 2.31 bits per heavy atom. The van der Waals surface area contributed by atoms with Gasteiger partial charge < -0.3 is 15.6 Å². The molecule has 1 aromatic carbocycles. The van der Waals surface area contributed by atoms with Crippen LogP contribution in [0.3, 0.4) is 0 Å². The van der Waals surface area contributed by atoms with E-state index in [-0.39, 0.29) is 12.6 Å². The number of methoxy groups -OCH3 is 1. The standard InChI is InChI=1S/C9H12BrNO2/c1-13-9-4-6(8(11)5-12)2-3-7(9)10/h2-4,8,12H,5,11H2,1H3. The lowest BCUT2D eigenvalue weighted by Crippen LogP contribution is -2.14. The molecule has 0 spiro atoms. The van der Waals surface area contributed by atoms with Crippen LogP contribution in [0.4, 0.5) is 0 Å². The summed E-state index contributed by atoms with van der Waals surface area (Å²) in [5, 5.41) is 8.84. The molecule has 4 heteroatoms. The molecule has 0 radical (unpaired) electrons. The minimum Gasteiger partial charge on any atom is -0.496 e. The van der Waals surface area contributed by atoms with Crippen molar-refractivity contribution >= 4 is 15.9 Å². The molecule has 0 heterocycles. The van der Waals surface area contributed by atoms with Crippen LogP contribution in [0.2, 0.25) is 0 Å². The van der Waals surface area contributed by atoms with Gasteiger partial charge >= 0.3 is 0 Å². The molecule has 13 heavy (non-hydrogen) atoms. The predicted molar refractivity (Wildman–Crippen MR) is 54.7 cm³/mol. The zero-order valence-corrected chi connectivity index (χ0v) is 8.91. The largest absolute Gasteiger partial charge is 0.496 e. The van der Waals surface area contributed by atoms with E-state index in [1.54, 1.807) is 7.11 Å². The highest BCUT2D eigenvalue weighted by molar-refractivity contribution is 9.10. The third-order valence-corrected chi connectivity index (χ3v) is 2.46. The Balaban J connectivity index is 2.99. The van der Waals surface area contributed by atoms with E-state index in [0.29, 0.717) is 0 Å². The van der Waals surface area contributed by atoms with E-state index in [1.165, 1.54) is 0 Å². The van der Waals surface area contributed by atoms with Gasteiger partial charge in [0, 0.05) is 0 Å². The molecule has 0 bridgehead atoms. The van der Waals surface area contributed by atoms with Crippen LogP contribution < -0.4 is 10.5 Å². The number of hydrogen-bond donors (Lipinski definition) is 2. The fraction of sp³-hybridized carbons (Fsp3) is 0.333. The molecule has 1 rings (SSSR count). The highest BCUT2D eigenvalue weighted by Crippen LogP contribution is 2.27. The number of aliphatic hydroxyl groups is 1. The molecular formula is C9H12BrNO2. The third-order valence-electron chi connectivity index (χ3n) is 1.80. The highest BCUT2D eigenvalue weighted by Gasteiger charge is 2.07. The molecule has 1 aromatic rings. The second-order valence-electron chi connectivity index (χ2n) is 2.68. The van der Waals surface area contributed by atoms with E-state index < -0.39 is 0 Å². The fourth-order valence-electron chi connectivity index (χ4n) is 1.01. The van der Waals surface area contributed by atoms with Crippen molar-refractivity contribution in [2.75, 3.05) is 13.7 Å². The van der Waals surface area contributed by atoms with Crippen LogP contribution in [0.5, 0.6) is 5.75 Å². The van der Waals surface area contributed by atoms with E-state index in [1.807, 2.05) is 18.2 Å². The summed E-state index contributed by atoms with van der Waals surface area (Å²) in [6.45, 7) is -0.0647. The molecular weight excluding hydrogens is 234 g/mol. The van der Waals surface area contributed by atoms with Gasteiger partial charge in [-0.2, -0.15) is 0 Å². The van der Waals surface area contributed by atoms with Crippen LogP contribution in [0.15, 0.2) is 22.7 Å². The average molecular weight is 246 g/mol. The highest BCUT2D eigenvalue weighted by atomic mass is 79.9. The van der Waals surface area contributed by atoms with Crippen LogP contribution in [0.1, 0.15) is 11.6 Å². The molecule has 0 aliphatic rings. The maximum atomic E-state index is 8.84. The summed E-state index contributed by atoms with van der Waals surface area (Å²) in [5.41, 5.74) is 6.51. The van der Waals surface area contributed by atoms with Crippen LogP contribution in [0.25, 0.3) is 0 Å². The van der Waals surface area contributed by atoms with Crippen molar-refractivity contribution in [3.05, 3.63) is 28.2 Å². The number of rotatable bonds is 3. The van der Waals surface area contributed by atoms with Gasteiger partial charge in [-0.05, 0) is 33.6 Å². The Morgan fingerprint density at radius 3 is 2.85 bits per heavy atom. The maximum Gasteiger partial charge on any atom is 0.133 e. The zero-order chi connectivity index (χ0) is 9.84. The number of benzene rings is 1. The minimum atomic E-state index is -0.345. The van der Waals surface area contributed by atoms with E-state index in [4.69, 9.17) is 15.6 Å². The van der Waals surface area contributed by atoms with Crippen LogP contribution in [-0.4, -0.2) is 18.8 Å². The smallest absolute Gasteiger partial charge is 0.133 e. The summed E-state index contributed by atoms with van der Waals surface area (Å²) in [5.74, 6) is 0.724. The van der Waals surface area contributed by atoms with Gasteiger partial charge in [0.05, 0.1) is 24.2 Å². The van der Waals surface area contributed by atoms with Crippen molar-refractivity contribution in [2.45, 2.75) is 6.04 Å². The average Bonchev–Trinajstić information content (AvgIpc) is 2.17.